The molecule has 0 saturated carbocycles. The Labute approximate surface area is 197 Å². The molecule has 0 spiro atoms. The minimum Gasteiger partial charge on any atom is -0.341 e. The number of hydrogen-bond acceptors (Lipinski definition) is 3. The summed E-state index contributed by atoms with van der Waals surface area (Å²) in [6.45, 7) is 7.52. The van der Waals surface area contributed by atoms with Crippen LogP contribution in [-0.4, -0.2) is 33.4 Å². The van der Waals surface area contributed by atoms with Crippen molar-refractivity contribution >= 4 is 5.91 Å². The van der Waals surface area contributed by atoms with Gasteiger partial charge in [0.1, 0.15) is 6.04 Å². The first-order valence-electron chi connectivity index (χ1n) is 11.9. The predicted octanol–water partition coefficient (Wildman–Crippen LogP) is 5.74. The van der Waals surface area contributed by atoms with E-state index >= 15 is 0 Å². The maximum Gasteiger partial charge on any atom is 0.250 e. The number of likely N-dealkylation sites (tertiary alicyclic amines) is 1. The first-order chi connectivity index (χ1) is 16.1. The van der Waals surface area contributed by atoms with Gasteiger partial charge in [0.15, 0.2) is 0 Å². The molecule has 33 heavy (non-hydrogen) atoms. The highest BCUT2D eigenvalue weighted by Crippen LogP contribution is 2.33. The van der Waals surface area contributed by atoms with Gasteiger partial charge >= 0.3 is 0 Å². The molecule has 2 heterocycles. The minimum atomic E-state index is -0.412. The van der Waals surface area contributed by atoms with Crippen LogP contribution >= 0.6 is 0 Å². The van der Waals surface area contributed by atoms with Crippen LogP contribution in [0.15, 0.2) is 73.2 Å². The molecule has 1 aromatic heterocycles. The summed E-state index contributed by atoms with van der Waals surface area (Å²) in [5.74, 6) is 0.238. The van der Waals surface area contributed by atoms with Gasteiger partial charge in [0.05, 0.1) is 24.0 Å². The molecule has 5 heteroatoms. The van der Waals surface area contributed by atoms with Gasteiger partial charge in [0.2, 0.25) is 5.91 Å². The Hall–Kier alpha value is -3.39. The Morgan fingerprint density at radius 1 is 1.03 bits per heavy atom. The topological polar surface area (TPSA) is 61.9 Å². The quantitative estimate of drug-likeness (QED) is 0.506. The Balaban J connectivity index is 0.000000968. The van der Waals surface area contributed by atoms with Crippen molar-refractivity contribution in [2.75, 3.05) is 13.1 Å². The molecular weight excluding hydrogens is 408 g/mol. The third-order valence-electron chi connectivity index (χ3n) is 6.00. The van der Waals surface area contributed by atoms with Crippen molar-refractivity contribution in [3.63, 3.8) is 0 Å². The number of aryl methyl sites for hydroxylation is 1. The highest BCUT2D eigenvalue weighted by atomic mass is 16.2. The standard InChI is InChI=1S/C25H26N4O.C3H8/c1-19-17-29(18-27-19)24(22-10-6-3-7-11-22)25(30)28-14-12-21(13-15-28)23(16-26)20-8-4-2-5-9-20;1-3-2/h2-11,17-18,21,23-24H,12-15H2,1H3;3H2,1-2H3. The Morgan fingerprint density at radius 2 is 1.58 bits per heavy atom. The number of nitrogens with zero attached hydrogens (tertiary/aromatic N) is 4. The zero-order chi connectivity index (χ0) is 23.6. The van der Waals surface area contributed by atoms with Crippen LogP contribution in [0.1, 0.15) is 61.9 Å². The molecule has 2 unspecified atom stereocenters. The third-order valence-corrected chi connectivity index (χ3v) is 6.00. The van der Waals surface area contributed by atoms with Crippen molar-refractivity contribution < 1.29 is 4.79 Å². The van der Waals surface area contributed by atoms with Gasteiger partial charge in [-0.1, -0.05) is 80.9 Å². The number of piperidine rings is 1. The molecule has 2 aromatic carbocycles. The lowest BCUT2D eigenvalue weighted by atomic mass is 9.81. The van der Waals surface area contributed by atoms with Crippen molar-refractivity contribution in [2.24, 2.45) is 5.92 Å². The van der Waals surface area contributed by atoms with Crippen molar-refractivity contribution in [3.8, 4) is 6.07 Å². The van der Waals surface area contributed by atoms with Crippen LogP contribution in [0.5, 0.6) is 0 Å². The lowest BCUT2D eigenvalue weighted by molar-refractivity contribution is -0.135. The number of carbonyl (C=O) groups is 1. The highest BCUT2D eigenvalue weighted by molar-refractivity contribution is 5.83. The van der Waals surface area contributed by atoms with E-state index in [4.69, 9.17) is 0 Å². The fourth-order valence-electron chi connectivity index (χ4n) is 4.40. The summed E-state index contributed by atoms with van der Waals surface area (Å²) in [4.78, 5) is 19.8. The molecule has 1 saturated heterocycles. The predicted molar refractivity (Wildman–Crippen MR) is 132 cm³/mol. The van der Waals surface area contributed by atoms with Crippen LogP contribution in [0.25, 0.3) is 0 Å². The lowest BCUT2D eigenvalue weighted by Gasteiger charge is -2.36. The molecular formula is C28H34N4O. The van der Waals surface area contributed by atoms with E-state index < -0.39 is 6.04 Å². The number of amides is 1. The first kappa shape index (κ1) is 24.3. The molecule has 0 N–H and O–H groups in total. The number of benzene rings is 2. The van der Waals surface area contributed by atoms with E-state index in [9.17, 15) is 10.1 Å². The second-order valence-electron chi connectivity index (χ2n) is 8.66. The van der Waals surface area contributed by atoms with Crippen molar-refractivity contribution in [2.45, 2.75) is 52.0 Å². The average molecular weight is 443 g/mol. The summed E-state index contributed by atoms with van der Waals surface area (Å²) in [5.41, 5.74) is 2.92. The number of aromatic nitrogens is 2. The van der Waals surface area contributed by atoms with Gasteiger partial charge in [0.25, 0.3) is 0 Å². The molecule has 1 aliphatic heterocycles. The van der Waals surface area contributed by atoms with Gasteiger partial charge in [0, 0.05) is 19.3 Å². The molecule has 1 aliphatic rings. The Bertz CT molecular complexity index is 1030. The average Bonchev–Trinajstić information content (AvgIpc) is 3.27. The van der Waals surface area contributed by atoms with Crippen LogP contribution in [0.4, 0.5) is 0 Å². The van der Waals surface area contributed by atoms with E-state index in [1.807, 2.05) is 83.3 Å². The largest absolute Gasteiger partial charge is 0.341 e. The normalized spacial score (nSPS) is 15.6. The molecule has 1 fully saturated rings. The number of hydrogen-bond donors (Lipinski definition) is 0. The van der Waals surface area contributed by atoms with Crippen molar-refractivity contribution in [1.82, 2.24) is 14.5 Å². The molecule has 2 atom stereocenters. The number of rotatable bonds is 5. The fourth-order valence-corrected chi connectivity index (χ4v) is 4.40. The molecule has 1 amide bonds. The molecule has 0 radical (unpaired) electrons. The van der Waals surface area contributed by atoms with Crippen LogP contribution < -0.4 is 0 Å². The van der Waals surface area contributed by atoms with Gasteiger partial charge in [-0.2, -0.15) is 5.26 Å². The van der Waals surface area contributed by atoms with Gasteiger partial charge in [-0.25, -0.2) is 4.98 Å². The lowest BCUT2D eigenvalue weighted by Crippen LogP contribution is -2.43. The minimum absolute atomic E-state index is 0.0882. The monoisotopic (exact) mass is 442 g/mol. The molecule has 0 bridgehead atoms. The number of imidazole rings is 1. The summed E-state index contributed by atoms with van der Waals surface area (Å²) in [5, 5.41) is 9.75. The molecule has 3 aromatic rings. The van der Waals surface area contributed by atoms with E-state index in [0.717, 1.165) is 29.7 Å². The third kappa shape index (κ3) is 6.10. The summed E-state index contributed by atoms with van der Waals surface area (Å²) in [7, 11) is 0. The zero-order valence-electron chi connectivity index (χ0n) is 19.9. The Kier molecular flexibility index (Phi) is 8.83. The molecule has 5 nitrogen and oxygen atoms in total. The van der Waals surface area contributed by atoms with E-state index in [-0.39, 0.29) is 17.7 Å². The maximum atomic E-state index is 13.5. The Morgan fingerprint density at radius 3 is 2.06 bits per heavy atom. The second kappa shape index (κ2) is 12.0. The second-order valence-corrected chi connectivity index (χ2v) is 8.66. The summed E-state index contributed by atoms with van der Waals surface area (Å²) < 4.78 is 1.90. The van der Waals surface area contributed by atoms with E-state index in [2.05, 4.69) is 24.9 Å². The SMILES string of the molecule is CCC.Cc1cn(C(C(=O)N2CCC(C(C#N)c3ccccc3)CC2)c2ccccc2)cn1. The summed E-state index contributed by atoms with van der Waals surface area (Å²) >= 11 is 0. The maximum absolute atomic E-state index is 13.5. The van der Waals surface area contributed by atoms with Gasteiger partial charge < -0.3 is 9.47 Å². The summed E-state index contributed by atoms with van der Waals surface area (Å²) in [6, 6.07) is 21.9. The number of nitriles is 1. The van der Waals surface area contributed by atoms with E-state index in [1.165, 1.54) is 6.42 Å². The molecule has 0 aliphatic carbocycles. The smallest absolute Gasteiger partial charge is 0.250 e. The van der Waals surface area contributed by atoms with E-state index in [1.54, 1.807) is 6.33 Å². The van der Waals surface area contributed by atoms with Crippen molar-refractivity contribution in [1.29, 1.82) is 5.26 Å². The highest BCUT2D eigenvalue weighted by Gasteiger charge is 2.33. The van der Waals surface area contributed by atoms with Crippen LogP contribution in [0, 0.1) is 24.2 Å². The zero-order valence-corrected chi connectivity index (χ0v) is 19.9. The number of carbonyl (C=O) groups excluding carboxylic acids is 1. The van der Waals surface area contributed by atoms with E-state index in [0.29, 0.717) is 13.1 Å². The molecule has 172 valence electrons. The van der Waals surface area contributed by atoms with Crippen LogP contribution in [-0.2, 0) is 4.79 Å². The first-order valence-corrected chi connectivity index (χ1v) is 11.9. The summed E-state index contributed by atoms with van der Waals surface area (Å²) in [6.07, 6.45) is 6.58. The van der Waals surface area contributed by atoms with Gasteiger partial charge in [-0.05, 0) is 36.8 Å². The van der Waals surface area contributed by atoms with Gasteiger partial charge in [-0.15, -0.1) is 0 Å². The van der Waals surface area contributed by atoms with Crippen LogP contribution in [0.3, 0.4) is 0 Å². The fraction of sp³-hybridized carbons (Fsp3) is 0.393. The van der Waals surface area contributed by atoms with Crippen LogP contribution in [0.2, 0.25) is 0 Å². The van der Waals surface area contributed by atoms with Crippen molar-refractivity contribution in [3.05, 3.63) is 90.0 Å². The van der Waals surface area contributed by atoms with Gasteiger partial charge in [-0.3, -0.25) is 4.79 Å². The molecule has 4 rings (SSSR count).